The van der Waals surface area contributed by atoms with Crippen LogP contribution in [0.5, 0.6) is 0 Å². The first kappa shape index (κ1) is 27.8. The van der Waals surface area contributed by atoms with Gasteiger partial charge in [-0.3, -0.25) is 0 Å². The van der Waals surface area contributed by atoms with E-state index in [-0.39, 0.29) is 5.41 Å². The summed E-state index contributed by atoms with van der Waals surface area (Å²) in [5.74, 6) is 0.826. The molecule has 0 saturated heterocycles. The van der Waals surface area contributed by atoms with Gasteiger partial charge in [0.25, 0.3) is 0 Å². The highest BCUT2D eigenvalue weighted by Crippen LogP contribution is 2.41. The van der Waals surface area contributed by atoms with Gasteiger partial charge in [0, 0.05) is 31.2 Å². The maximum Gasteiger partial charge on any atom is 0.330 e. The second kappa shape index (κ2) is 10.5. The highest BCUT2D eigenvalue weighted by Gasteiger charge is 2.36. The second-order valence-corrected chi connectivity index (χ2v) is 13.4. The average molecular weight is 560 g/mol. The number of hydrogen-bond donors (Lipinski definition) is 1. The van der Waals surface area contributed by atoms with Gasteiger partial charge in [0.1, 0.15) is 5.82 Å². The Labute approximate surface area is 247 Å². The number of nitrogens with zero attached hydrogens (tertiary/aromatic N) is 2. The highest BCUT2D eigenvalue weighted by molar-refractivity contribution is 7.26. The van der Waals surface area contributed by atoms with Crippen LogP contribution in [0, 0.1) is 0 Å². The van der Waals surface area contributed by atoms with Crippen molar-refractivity contribution in [3.63, 3.8) is 0 Å². The fourth-order valence-corrected chi connectivity index (χ4v) is 6.37. The molecule has 207 valence electrons. The molecule has 1 unspecified atom stereocenters. The van der Waals surface area contributed by atoms with Gasteiger partial charge in [-0.2, -0.15) is 0 Å². The van der Waals surface area contributed by atoms with Crippen molar-refractivity contribution in [3.8, 4) is 11.3 Å². The molecule has 2 aromatic heterocycles. The van der Waals surface area contributed by atoms with Crippen LogP contribution in [-0.4, -0.2) is 33.8 Å². The lowest BCUT2D eigenvalue weighted by molar-refractivity contribution is -0.0893. The van der Waals surface area contributed by atoms with Crippen LogP contribution in [0.15, 0.2) is 85.0 Å². The van der Waals surface area contributed by atoms with Gasteiger partial charge in [-0.05, 0) is 77.7 Å². The van der Waals surface area contributed by atoms with E-state index in [2.05, 4.69) is 91.9 Å². The lowest BCUT2D eigenvalue weighted by Gasteiger charge is -2.37. The van der Waals surface area contributed by atoms with Crippen LogP contribution in [0.3, 0.4) is 0 Å². The number of benzene rings is 2. The number of aliphatic hydroxyl groups is 1. The summed E-state index contributed by atoms with van der Waals surface area (Å²) in [4.78, 5) is 10.4. The summed E-state index contributed by atoms with van der Waals surface area (Å²) in [6.45, 7) is 9.57. The number of fused-ring (bicyclic) bond motifs is 3. The number of hydrogen-bond acceptors (Lipinski definition) is 5. The molecule has 1 atom stereocenters. The zero-order chi connectivity index (χ0) is 28.8. The van der Waals surface area contributed by atoms with Crippen LogP contribution in [0.2, 0.25) is 0 Å². The smallest absolute Gasteiger partial charge is 0.330 e. The maximum atomic E-state index is 10.7. The Hall–Kier alpha value is -3.32. The van der Waals surface area contributed by atoms with E-state index >= 15 is 0 Å². The third-order valence-electron chi connectivity index (χ3n) is 8.52. The molecule has 0 saturated carbocycles. The number of thiophene rings is 1. The summed E-state index contributed by atoms with van der Waals surface area (Å²) in [5.41, 5.74) is 2.91. The Balaban J connectivity index is 1.56. The second-order valence-electron chi connectivity index (χ2n) is 12.4. The van der Waals surface area contributed by atoms with Crippen LogP contribution < -0.4 is 5.46 Å². The summed E-state index contributed by atoms with van der Waals surface area (Å²) >= 11 is 1.78. The Morgan fingerprint density at radius 2 is 1.76 bits per heavy atom. The Morgan fingerprint density at radius 1 is 0.951 bits per heavy atom. The van der Waals surface area contributed by atoms with Crippen LogP contribution in [0.1, 0.15) is 65.4 Å². The normalized spacial score (nSPS) is 19.2. The fraction of sp³-hybridized carbons (Fsp3) is 0.314. The van der Waals surface area contributed by atoms with Crippen LogP contribution >= 0.6 is 11.3 Å². The predicted molar refractivity (Wildman–Crippen MR) is 174 cm³/mol. The van der Waals surface area contributed by atoms with Gasteiger partial charge < -0.3 is 9.76 Å². The molecule has 2 heterocycles. The van der Waals surface area contributed by atoms with E-state index in [9.17, 15) is 5.11 Å². The topological polar surface area (TPSA) is 55.2 Å². The number of aromatic nitrogens is 2. The van der Waals surface area contributed by atoms with Crippen molar-refractivity contribution in [1.29, 1.82) is 0 Å². The molecule has 0 spiro atoms. The largest absolute Gasteiger partial charge is 0.427 e. The number of allylic oxidation sites excluding steroid dienone is 8. The summed E-state index contributed by atoms with van der Waals surface area (Å²) < 4.78 is 8.62. The molecular weight excluding hydrogens is 523 g/mol. The SMILES string of the molecule is CC1(c2nc(C3=CCCC=C3)cc(-c3cc([B]OC(C)(C)C(C)(C)O)cc4sc5ccccc5c34)n2)C=CC=CC1. The van der Waals surface area contributed by atoms with Gasteiger partial charge in [-0.25, -0.2) is 9.97 Å². The van der Waals surface area contributed by atoms with Crippen molar-refractivity contribution < 1.29 is 9.76 Å². The van der Waals surface area contributed by atoms with Crippen LogP contribution in [-0.2, 0) is 10.1 Å². The minimum Gasteiger partial charge on any atom is -0.427 e. The molecule has 1 radical (unpaired) electrons. The Morgan fingerprint density at radius 3 is 2.49 bits per heavy atom. The summed E-state index contributed by atoms with van der Waals surface area (Å²) in [6.07, 6.45) is 18.2. The molecule has 0 amide bonds. The van der Waals surface area contributed by atoms with Crippen molar-refractivity contribution in [2.45, 2.75) is 70.5 Å². The van der Waals surface area contributed by atoms with E-state index in [0.29, 0.717) is 0 Å². The summed E-state index contributed by atoms with van der Waals surface area (Å²) in [7, 11) is 1.77. The highest BCUT2D eigenvalue weighted by atomic mass is 32.1. The first-order chi connectivity index (χ1) is 19.5. The monoisotopic (exact) mass is 559 g/mol. The first-order valence-corrected chi connectivity index (χ1v) is 15.2. The zero-order valence-corrected chi connectivity index (χ0v) is 25.3. The minimum absolute atomic E-state index is 0.294. The molecule has 0 aliphatic heterocycles. The van der Waals surface area contributed by atoms with Crippen molar-refractivity contribution in [1.82, 2.24) is 9.97 Å². The van der Waals surface area contributed by atoms with Crippen molar-refractivity contribution in [3.05, 3.63) is 96.5 Å². The van der Waals surface area contributed by atoms with Crippen molar-refractivity contribution in [2.75, 3.05) is 0 Å². The van der Waals surface area contributed by atoms with Gasteiger partial charge in [0.15, 0.2) is 0 Å². The van der Waals surface area contributed by atoms with Gasteiger partial charge in [-0.15, -0.1) is 11.3 Å². The van der Waals surface area contributed by atoms with Gasteiger partial charge in [0.2, 0.25) is 0 Å². The fourth-order valence-electron chi connectivity index (χ4n) is 5.19. The van der Waals surface area contributed by atoms with Crippen molar-refractivity contribution >= 4 is 50.0 Å². The number of rotatable bonds is 7. The molecule has 1 N–H and O–H groups in total. The van der Waals surface area contributed by atoms with E-state index in [0.717, 1.165) is 53.1 Å². The summed E-state index contributed by atoms with van der Waals surface area (Å²) in [5, 5.41) is 13.1. The molecule has 2 aliphatic carbocycles. The van der Waals surface area contributed by atoms with E-state index in [4.69, 9.17) is 14.6 Å². The van der Waals surface area contributed by atoms with Crippen LogP contribution in [0.4, 0.5) is 0 Å². The van der Waals surface area contributed by atoms with E-state index in [1.807, 2.05) is 13.8 Å². The molecule has 0 fully saturated rings. The Bertz CT molecular complexity index is 1760. The molecule has 4 nitrogen and oxygen atoms in total. The first-order valence-electron chi connectivity index (χ1n) is 14.3. The van der Waals surface area contributed by atoms with Gasteiger partial charge in [0.05, 0.1) is 22.6 Å². The van der Waals surface area contributed by atoms with E-state index < -0.39 is 11.2 Å². The molecule has 41 heavy (non-hydrogen) atoms. The average Bonchev–Trinajstić information content (AvgIpc) is 3.34. The zero-order valence-electron chi connectivity index (χ0n) is 24.4. The van der Waals surface area contributed by atoms with Crippen LogP contribution in [0.25, 0.3) is 37.0 Å². The Kier molecular flexibility index (Phi) is 7.13. The van der Waals surface area contributed by atoms with Gasteiger partial charge >= 0.3 is 7.48 Å². The van der Waals surface area contributed by atoms with Gasteiger partial charge in [-0.1, -0.05) is 72.3 Å². The van der Waals surface area contributed by atoms with E-state index in [1.54, 1.807) is 32.7 Å². The minimum atomic E-state index is -1.01. The molecule has 2 aliphatic rings. The molecule has 0 bridgehead atoms. The lowest BCUT2D eigenvalue weighted by atomic mass is 9.81. The summed E-state index contributed by atoms with van der Waals surface area (Å²) in [6, 6.07) is 15.0. The maximum absolute atomic E-state index is 10.7. The lowest BCUT2D eigenvalue weighted by Crippen LogP contribution is -2.49. The third kappa shape index (κ3) is 5.37. The molecule has 4 aromatic rings. The van der Waals surface area contributed by atoms with Crippen molar-refractivity contribution in [2.24, 2.45) is 0 Å². The standard InChI is InChI=1S/C35H36BN2O2S/c1-33(2,39)34(3,4)40-36-24-20-26(31-25-16-10-11-17-29(25)41-30(31)21-24)28-22-27(23-14-8-6-9-15-23)37-32(38-28)35(5)18-12-7-13-19-35/h7-8,10-18,20-22,39H,6,9,19H2,1-5H3. The predicted octanol–water partition coefficient (Wildman–Crippen LogP) is 7.83. The molecular formula is C35H36BN2O2S. The third-order valence-corrected chi connectivity index (χ3v) is 9.64. The molecule has 6 heteroatoms. The molecule has 6 rings (SSSR count). The van der Waals surface area contributed by atoms with E-state index in [1.165, 1.54) is 20.2 Å². The quantitative estimate of drug-likeness (QED) is 0.235. The molecule has 2 aromatic carbocycles.